The molecule has 0 saturated heterocycles. The molecule has 1 unspecified atom stereocenters. The molecule has 138 valence electrons. The zero-order valence-corrected chi connectivity index (χ0v) is 15.4. The highest BCUT2D eigenvalue weighted by molar-refractivity contribution is 5.77. The third kappa shape index (κ3) is 3.50. The maximum absolute atomic E-state index is 12.6. The van der Waals surface area contributed by atoms with E-state index in [9.17, 15) is 9.59 Å². The largest absolute Gasteiger partial charge is 0.349 e. The van der Waals surface area contributed by atoms with Crippen molar-refractivity contribution < 1.29 is 4.79 Å². The number of hydrogen-bond acceptors (Lipinski definition) is 3. The van der Waals surface area contributed by atoms with E-state index in [0.29, 0.717) is 12.2 Å². The van der Waals surface area contributed by atoms with E-state index < -0.39 is 0 Å². The fourth-order valence-electron chi connectivity index (χ4n) is 3.93. The molecule has 0 aliphatic heterocycles. The summed E-state index contributed by atoms with van der Waals surface area (Å²) in [6, 6.07) is 15.9. The van der Waals surface area contributed by atoms with Crippen LogP contribution in [0.3, 0.4) is 0 Å². The van der Waals surface area contributed by atoms with Crippen LogP contribution in [0.5, 0.6) is 0 Å². The molecule has 0 radical (unpaired) electrons. The molecule has 1 heterocycles. The first-order valence-corrected chi connectivity index (χ1v) is 9.47. The van der Waals surface area contributed by atoms with Gasteiger partial charge in [-0.3, -0.25) is 9.59 Å². The Hall–Kier alpha value is -2.95. The first-order valence-electron chi connectivity index (χ1n) is 9.47. The quantitative estimate of drug-likeness (QED) is 0.776. The fourth-order valence-corrected chi connectivity index (χ4v) is 3.93. The number of amides is 1. The molecule has 3 aromatic rings. The number of carbonyl (C=O) groups is 1. The summed E-state index contributed by atoms with van der Waals surface area (Å²) in [5.74, 6) is -0.0258. The SMILES string of the molecule is Cc1nc2ccccc2n(CCC(=O)NC2CCCc3ccccc32)c1=O. The Kier molecular flexibility index (Phi) is 4.75. The van der Waals surface area contributed by atoms with E-state index in [4.69, 9.17) is 0 Å². The maximum Gasteiger partial charge on any atom is 0.272 e. The summed E-state index contributed by atoms with van der Waals surface area (Å²) >= 11 is 0. The Morgan fingerprint density at radius 1 is 1.19 bits per heavy atom. The van der Waals surface area contributed by atoms with Crippen molar-refractivity contribution in [1.82, 2.24) is 14.9 Å². The van der Waals surface area contributed by atoms with Gasteiger partial charge in [0.25, 0.3) is 5.56 Å². The second kappa shape index (κ2) is 7.35. The molecule has 4 rings (SSSR count). The fraction of sp³-hybridized carbons (Fsp3) is 0.318. The van der Waals surface area contributed by atoms with Crippen LogP contribution in [0, 0.1) is 6.92 Å². The molecule has 0 saturated carbocycles. The molecular formula is C22H23N3O2. The zero-order valence-electron chi connectivity index (χ0n) is 15.4. The molecular weight excluding hydrogens is 338 g/mol. The molecule has 0 fully saturated rings. The molecule has 5 heteroatoms. The highest BCUT2D eigenvalue weighted by Gasteiger charge is 2.21. The number of carbonyl (C=O) groups excluding carboxylic acids is 1. The molecule has 5 nitrogen and oxygen atoms in total. The summed E-state index contributed by atoms with van der Waals surface area (Å²) in [7, 11) is 0. The van der Waals surface area contributed by atoms with Crippen molar-refractivity contribution >= 4 is 16.9 Å². The van der Waals surface area contributed by atoms with E-state index in [1.54, 1.807) is 11.5 Å². The van der Waals surface area contributed by atoms with Gasteiger partial charge in [-0.15, -0.1) is 0 Å². The number of para-hydroxylation sites is 2. The van der Waals surface area contributed by atoms with Gasteiger partial charge < -0.3 is 9.88 Å². The number of aromatic nitrogens is 2. The molecule has 0 bridgehead atoms. The van der Waals surface area contributed by atoms with Crippen molar-refractivity contribution in [1.29, 1.82) is 0 Å². The van der Waals surface area contributed by atoms with E-state index in [2.05, 4.69) is 22.4 Å². The van der Waals surface area contributed by atoms with Crippen molar-refractivity contribution in [2.45, 2.75) is 45.2 Å². The van der Waals surface area contributed by atoms with Crippen LogP contribution in [-0.4, -0.2) is 15.5 Å². The van der Waals surface area contributed by atoms with Gasteiger partial charge in [-0.25, -0.2) is 4.98 Å². The molecule has 1 aliphatic rings. The van der Waals surface area contributed by atoms with Gasteiger partial charge in [0.2, 0.25) is 5.91 Å². The topological polar surface area (TPSA) is 64.0 Å². The first kappa shape index (κ1) is 17.5. The van der Waals surface area contributed by atoms with Crippen molar-refractivity contribution in [3.63, 3.8) is 0 Å². The minimum atomic E-state index is -0.135. The minimum Gasteiger partial charge on any atom is -0.349 e. The number of nitrogens with one attached hydrogen (secondary N) is 1. The second-order valence-corrected chi connectivity index (χ2v) is 7.10. The standard InChI is InChI=1S/C22H23N3O2/c1-15-22(27)25(20-12-5-4-10-19(20)23-15)14-13-21(26)24-18-11-6-8-16-7-2-3-9-17(16)18/h2-5,7,9-10,12,18H,6,8,11,13-14H2,1H3,(H,24,26). The number of rotatable bonds is 4. The zero-order chi connectivity index (χ0) is 18.8. The predicted octanol–water partition coefficient (Wildman–Crippen LogP) is 3.29. The number of nitrogens with zero attached hydrogens (tertiary/aromatic N) is 2. The summed E-state index contributed by atoms with van der Waals surface area (Å²) in [4.78, 5) is 29.4. The number of hydrogen-bond donors (Lipinski definition) is 1. The van der Waals surface area contributed by atoms with E-state index in [-0.39, 0.29) is 23.9 Å². The van der Waals surface area contributed by atoms with Gasteiger partial charge >= 0.3 is 0 Å². The molecule has 27 heavy (non-hydrogen) atoms. The van der Waals surface area contributed by atoms with E-state index in [1.165, 1.54) is 11.1 Å². The third-order valence-corrected chi connectivity index (χ3v) is 5.28. The van der Waals surface area contributed by atoms with Gasteiger partial charge in [0.05, 0.1) is 17.1 Å². The molecule has 0 spiro atoms. The van der Waals surface area contributed by atoms with Crippen LogP contribution in [0.1, 0.15) is 42.1 Å². The molecule has 1 atom stereocenters. The van der Waals surface area contributed by atoms with Gasteiger partial charge in [-0.2, -0.15) is 0 Å². The van der Waals surface area contributed by atoms with Crippen LogP contribution in [-0.2, 0) is 17.8 Å². The monoisotopic (exact) mass is 361 g/mol. The summed E-state index contributed by atoms with van der Waals surface area (Å²) < 4.78 is 1.66. The second-order valence-electron chi connectivity index (χ2n) is 7.10. The minimum absolute atomic E-state index is 0.0258. The lowest BCUT2D eigenvalue weighted by Gasteiger charge is -2.26. The average Bonchev–Trinajstić information content (AvgIpc) is 2.69. The van der Waals surface area contributed by atoms with E-state index in [0.717, 1.165) is 30.3 Å². The van der Waals surface area contributed by atoms with Crippen molar-refractivity contribution in [2.75, 3.05) is 0 Å². The number of aryl methyl sites for hydroxylation is 3. The van der Waals surface area contributed by atoms with Gasteiger partial charge in [0.1, 0.15) is 5.69 Å². The summed E-state index contributed by atoms with van der Waals surface area (Å²) in [5.41, 5.74) is 4.40. The molecule has 2 aromatic carbocycles. The van der Waals surface area contributed by atoms with Crippen molar-refractivity contribution in [2.24, 2.45) is 0 Å². The summed E-state index contributed by atoms with van der Waals surface area (Å²) in [6.07, 6.45) is 3.38. The first-order chi connectivity index (χ1) is 13.1. The average molecular weight is 361 g/mol. The van der Waals surface area contributed by atoms with E-state index in [1.807, 2.05) is 36.4 Å². The Balaban J connectivity index is 1.50. The summed E-state index contributed by atoms with van der Waals surface area (Å²) in [5, 5.41) is 3.16. The Bertz CT molecular complexity index is 1050. The van der Waals surface area contributed by atoms with Crippen LogP contribution < -0.4 is 10.9 Å². The van der Waals surface area contributed by atoms with Crippen LogP contribution in [0.4, 0.5) is 0 Å². The Morgan fingerprint density at radius 2 is 1.96 bits per heavy atom. The number of benzene rings is 2. The van der Waals surface area contributed by atoms with Crippen LogP contribution in [0.15, 0.2) is 53.3 Å². The van der Waals surface area contributed by atoms with Gasteiger partial charge in [-0.1, -0.05) is 36.4 Å². The highest BCUT2D eigenvalue weighted by Crippen LogP contribution is 2.29. The lowest BCUT2D eigenvalue weighted by atomic mass is 9.87. The van der Waals surface area contributed by atoms with Gasteiger partial charge in [-0.05, 0) is 49.4 Å². The highest BCUT2D eigenvalue weighted by atomic mass is 16.2. The van der Waals surface area contributed by atoms with Crippen LogP contribution >= 0.6 is 0 Å². The molecule has 1 aromatic heterocycles. The normalized spacial score (nSPS) is 16.1. The van der Waals surface area contributed by atoms with Crippen molar-refractivity contribution in [3.8, 4) is 0 Å². The smallest absolute Gasteiger partial charge is 0.272 e. The van der Waals surface area contributed by atoms with Crippen LogP contribution in [0.2, 0.25) is 0 Å². The molecule has 1 N–H and O–H groups in total. The summed E-state index contributed by atoms with van der Waals surface area (Å²) in [6.45, 7) is 2.06. The van der Waals surface area contributed by atoms with Gasteiger partial charge in [0.15, 0.2) is 0 Å². The van der Waals surface area contributed by atoms with E-state index >= 15 is 0 Å². The molecule has 1 aliphatic carbocycles. The third-order valence-electron chi connectivity index (χ3n) is 5.28. The maximum atomic E-state index is 12.6. The van der Waals surface area contributed by atoms with Crippen LogP contribution in [0.25, 0.3) is 11.0 Å². The molecule has 1 amide bonds. The lowest BCUT2D eigenvalue weighted by Crippen LogP contribution is -2.33. The Morgan fingerprint density at radius 3 is 2.85 bits per heavy atom. The van der Waals surface area contributed by atoms with Crippen molar-refractivity contribution in [3.05, 3.63) is 75.7 Å². The van der Waals surface area contributed by atoms with Gasteiger partial charge in [0, 0.05) is 13.0 Å². The lowest BCUT2D eigenvalue weighted by molar-refractivity contribution is -0.122. The Labute approximate surface area is 158 Å². The predicted molar refractivity (Wildman–Crippen MR) is 106 cm³/mol. The number of fused-ring (bicyclic) bond motifs is 2.